The molecule has 6 nitrogen and oxygen atoms in total. The van der Waals surface area contributed by atoms with E-state index in [9.17, 15) is 4.79 Å². The van der Waals surface area contributed by atoms with Crippen LogP contribution in [0.1, 0.15) is 12.2 Å². The van der Waals surface area contributed by atoms with Crippen LogP contribution >= 0.6 is 11.8 Å². The van der Waals surface area contributed by atoms with Gasteiger partial charge in [0, 0.05) is 57.3 Å². The quantitative estimate of drug-likeness (QED) is 0.671. The molecule has 0 bridgehead atoms. The van der Waals surface area contributed by atoms with Crippen molar-refractivity contribution in [2.24, 2.45) is 0 Å². The molecule has 1 aromatic heterocycles. The predicted octanol–water partition coefficient (Wildman–Crippen LogP) is 1.01. The maximum Gasteiger partial charge on any atom is 0.248 e. The molecular weight excluding hydrogens is 290 g/mol. The Morgan fingerprint density at radius 1 is 1.43 bits per heavy atom. The summed E-state index contributed by atoms with van der Waals surface area (Å²) >= 11 is 1.90. The fourth-order valence-electron chi connectivity index (χ4n) is 2.21. The Bertz CT molecular complexity index is 433. The Balaban J connectivity index is 1.59. The van der Waals surface area contributed by atoms with Gasteiger partial charge in [0.15, 0.2) is 0 Å². The van der Waals surface area contributed by atoms with Crippen LogP contribution in [0.4, 0.5) is 0 Å². The van der Waals surface area contributed by atoms with E-state index in [-0.39, 0.29) is 12.5 Å². The van der Waals surface area contributed by atoms with Crippen LogP contribution in [0.2, 0.25) is 0 Å². The highest BCUT2D eigenvalue weighted by Gasteiger charge is 2.16. The number of amides is 1. The number of aromatic nitrogens is 2. The molecule has 0 atom stereocenters. The van der Waals surface area contributed by atoms with Crippen LogP contribution in [-0.2, 0) is 27.4 Å². The Labute approximate surface area is 129 Å². The molecule has 2 rings (SSSR count). The molecular formula is C14H23N3O3S. The lowest BCUT2D eigenvalue weighted by molar-refractivity contribution is -0.135. The largest absolute Gasteiger partial charge is 0.377 e. The van der Waals surface area contributed by atoms with Crippen molar-refractivity contribution in [1.29, 1.82) is 0 Å². The molecule has 0 aliphatic carbocycles. The standard InChI is InChI=1S/C14H23N3O3S/c1-19-11-13-15-3-5-16(13)4-2-8-20-12-14(18)17-6-9-21-10-7-17/h3,5H,2,4,6-12H2,1H3. The zero-order valence-electron chi connectivity index (χ0n) is 12.5. The number of imidazole rings is 1. The lowest BCUT2D eigenvalue weighted by Crippen LogP contribution is -2.40. The first-order valence-electron chi connectivity index (χ1n) is 7.23. The third-order valence-corrected chi connectivity index (χ3v) is 4.29. The van der Waals surface area contributed by atoms with Crippen molar-refractivity contribution < 1.29 is 14.3 Å². The second kappa shape index (κ2) is 9.07. The summed E-state index contributed by atoms with van der Waals surface area (Å²) < 4.78 is 12.6. The second-order valence-electron chi connectivity index (χ2n) is 4.87. The Kier molecular flexibility index (Phi) is 7.05. The number of thioether (sulfide) groups is 1. The van der Waals surface area contributed by atoms with Gasteiger partial charge in [-0.25, -0.2) is 4.98 Å². The highest BCUT2D eigenvalue weighted by molar-refractivity contribution is 7.99. The molecule has 1 aliphatic heterocycles. The number of ether oxygens (including phenoxy) is 2. The monoisotopic (exact) mass is 313 g/mol. The Morgan fingerprint density at radius 3 is 3.00 bits per heavy atom. The number of rotatable bonds is 8. The van der Waals surface area contributed by atoms with E-state index in [0.717, 1.165) is 43.4 Å². The minimum Gasteiger partial charge on any atom is -0.377 e. The number of methoxy groups -OCH3 is 1. The zero-order valence-corrected chi connectivity index (χ0v) is 13.3. The molecule has 0 radical (unpaired) electrons. The van der Waals surface area contributed by atoms with Crippen LogP contribution in [0.25, 0.3) is 0 Å². The van der Waals surface area contributed by atoms with Gasteiger partial charge >= 0.3 is 0 Å². The summed E-state index contributed by atoms with van der Waals surface area (Å²) in [5.74, 6) is 3.10. The lowest BCUT2D eigenvalue weighted by atomic mass is 10.4. The number of carbonyl (C=O) groups excluding carboxylic acids is 1. The molecule has 1 saturated heterocycles. The van der Waals surface area contributed by atoms with Gasteiger partial charge in [-0.2, -0.15) is 11.8 Å². The third-order valence-electron chi connectivity index (χ3n) is 3.35. The molecule has 0 saturated carbocycles. The number of carbonyl (C=O) groups is 1. The molecule has 1 aromatic rings. The van der Waals surface area contributed by atoms with Gasteiger partial charge in [0.25, 0.3) is 0 Å². The van der Waals surface area contributed by atoms with Crippen LogP contribution in [0.3, 0.4) is 0 Å². The van der Waals surface area contributed by atoms with E-state index >= 15 is 0 Å². The fourth-order valence-corrected chi connectivity index (χ4v) is 3.12. The van der Waals surface area contributed by atoms with Gasteiger partial charge in [-0.1, -0.05) is 0 Å². The van der Waals surface area contributed by atoms with Gasteiger partial charge in [0.1, 0.15) is 19.0 Å². The minimum atomic E-state index is 0.109. The average Bonchev–Trinajstić information content (AvgIpc) is 2.95. The molecule has 1 aliphatic rings. The number of hydrogen-bond donors (Lipinski definition) is 0. The summed E-state index contributed by atoms with van der Waals surface area (Å²) in [4.78, 5) is 18.0. The van der Waals surface area contributed by atoms with E-state index in [1.165, 1.54) is 0 Å². The maximum atomic E-state index is 11.9. The van der Waals surface area contributed by atoms with Crippen LogP contribution in [0, 0.1) is 0 Å². The van der Waals surface area contributed by atoms with Gasteiger partial charge in [-0.05, 0) is 6.42 Å². The average molecular weight is 313 g/mol. The van der Waals surface area contributed by atoms with Crippen LogP contribution in [-0.4, -0.2) is 65.3 Å². The van der Waals surface area contributed by atoms with Crippen LogP contribution < -0.4 is 0 Å². The summed E-state index contributed by atoms with van der Waals surface area (Å²) in [6.45, 7) is 3.82. The molecule has 0 aromatic carbocycles. The van der Waals surface area contributed by atoms with Gasteiger partial charge in [-0.3, -0.25) is 4.79 Å². The number of aryl methyl sites for hydroxylation is 1. The van der Waals surface area contributed by atoms with Gasteiger partial charge in [0.05, 0.1) is 0 Å². The molecule has 2 heterocycles. The summed E-state index contributed by atoms with van der Waals surface area (Å²) in [5.41, 5.74) is 0. The minimum absolute atomic E-state index is 0.109. The van der Waals surface area contributed by atoms with Gasteiger partial charge in [-0.15, -0.1) is 0 Å². The summed E-state index contributed by atoms with van der Waals surface area (Å²) in [5, 5.41) is 0. The molecule has 21 heavy (non-hydrogen) atoms. The van der Waals surface area contributed by atoms with Crippen molar-refractivity contribution in [2.45, 2.75) is 19.6 Å². The topological polar surface area (TPSA) is 56.6 Å². The van der Waals surface area contributed by atoms with E-state index in [2.05, 4.69) is 9.55 Å². The summed E-state index contributed by atoms with van der Waals surface area (Å²) in [7, 11) is 1.66. The molecule has 0 unspecified atom stereocenters. The number of hydrogen-bond acceptors (Lipinski definition) is 5. The predicted molar refractivity (Wildman–Crippen MR) is 82.3 cm³/mol. The highest BCUT2D eigenvalue weighted by atomic mass is 32.2. The molecule has 0 N–H and O–H groups in total. The van der Waals surface area contributed by atoms with E-state index in [1.54, 1.807) is 13.3 Å². The molecule has 1 amide bonds. The van der Waals surface area contributed by atoms with Crippen molar-refractivity contribution >= 4 is 17.7 Å². The van der Waals surface area contributed by atoms with Crippen molar-refractivity contribution in [3.63, 3.8) is 0 Å². The Hall–Kier alpha value is -1.05. The van der Waals surface area contributed by atoms with E-state index in [1.807, 2.05) is 22.9 Å². The maximum absolute atomic E-state index is 11.9. The van der Waals surface area contributed by atoms with E-state index < -0.39 is 0 Å². The van der Waals surface area contributed by atoms with Crippen LogP contribution in [0.15, 0.2) is 12.4 Å². The molecule has 1 fully saturated rings. The smallest absolute Gasteiger partial charge is 0.248 e. The first-order chi connectivity index (χ1) is 10.3. The normalized spacial score (nSPS) is 15.4. The van der Waals surface area contributed by atoms with Crippen molar-refractivity contribution in [2.75, 3.05) is 44.9 Å². The molecule has 7 heteroatoms. The van der Waals surface area contributed by atoms with Crippen LogP contribution in [0.5, 0.6) is 0 Å². The first-order valence-corrected chi connectivity index (χ1v) is 8.39. The van der Waals surface area contributed by atoms with Crippen molar-refractivity contribution in [3.05, 3.63) is 18.2 Å². The second-order valence-corrected chi connectivity index (χ2v) is 6.09. The van der Waals surface area contributed by atoms with E-state index in [0.29, 0.717) is 13.2 Å². The summed E-state index contributed by atoms with van der Waals surface area (Å²) in [6.07, 6.45) is 4.56. The number of nitrogens with zero attached hydrogens (tertiary/aromatic N) is 3. The summed E-state index contributed by atoms with van der Waals surface area (Å²) in [6, 6.07) is 0. The molecule has 0 spiro atoms. The first kappa shape index (κ1) is 16.3. The van der Waals surface area contributed by atoms with E-state index in [4.69, 9.17) is 9.47 Å². The SMILES string of the molecule is COCc1nccn1CCCOCC(=O)N1CCSCC1. The van der Waals surface area contributed by atoms with Gasteiger partial charge in [0.2, 0.25) is 5.91 Å². The van der Waals surface area contributed by atoms with Gasteiger partial charge < -0.3 is 18.9 Å². The highest BCUT2D eigenvalue weighted by Crippen LogP contribution is 2.09. The zero-order chi connectivity index (χ0) is 14.9. The lowest BCUT2D eigenvalue weighted by Gasteiger charge is -2.26. The molecule has 118 valence electrons. The third kappa shape index (κ3) is 5.33. The Morgan fingerprint density at radius 2 is 2.24 bits per heavy atom. The van der Waals surface area contributed by atoms with Crippen molar-refractivity contribution in [3.8, 4) is 0 Å². The fraction of sp³-hybridized carbons (Fsp3) is 0.714. The van der Waals surface area contributed by atoms with Crippen molar-refractivity contribution in [1.82, 2.24) is 14.5 Å².